The fourth-order valence-electron chi connectivity index (χ4n) is 0.382. The van der Waals surface area contributed by atoms with Crippen LogP contribution in [0.5, 0.6) is 0 Å². The predicted molar refractivity (Wildman–Crippen MR) is 32.8 cm³/mol. The van der Waals surface area contributed by atoms with Gasteiger partial charge in [0, 0.05) is 6.61 Å². The van der Waals surface area contributed by atoms with Crippen molar-refractivity contribution >= 4 is 0 Å². The van der Waals surface area contributed by atoms with Gasteiger partial charge in [-0.1, -0.05) is 13.3 Å². The Bertz CT molecular complexity index is 57.0. The van der Waals surface area contributed by atoms with E-state index in [1.807, 2.05) is 0 Å². The number of ether oxygens (including phenoxy) is 1. The summed E-state index contributed by atoms with van der Waals surface area (Å²) in [4.78, 5) is 0. The average Bonchev–Trinajstić information content (AvgIpc) is 1.80. The van der Waals surface area contributed by atoms with Gasteiger partial charge in [0.25, 0.3) is 0 Å². The van der Waals surface area contributed by atoms with E-state index in [4.69, 9.17) is 11.2 Å². The summed E-state index contributed by atoms with van der Waals surface area (Å²) in [7, 11) is 0. The Morgan fingerprint density at radius 2 is 2.38 bits per heavy atom. The van der Waals surface area contributed by atoms with Crippen LogP contribution < -0.4 is 0 Å². The fraction of sp³-hybridized carbons (Fsp3) is 1.00. The standard InChI is InChI=1S/C6H14O2/c1-2-3-5-8-6-4-7/h7H,2-6H2,1H3/i4D. The van der Waals surface area contributed by atoms with Crippen molar-refractivity contribution in [2.75, 3.05) is 19.8 Å². The van der Waals surface area contributed by atoms with Gasteiger partial charge in [0.1, 0.15) is 0 Å². The lowest BCUT2D eigenvalue weighted by Gasteiger charge is -1.97. The smallest absolute Gasteiger partial charge is 0.0697 e. The van der Waals surface area contributed by atoms with Crippen LogP contribution in [0.15, 0.2) is 0 Å². The summed E-state index contributed by atoms with van der Waals surface area (Å²) in [5.74, 6) is 0. The lowest BCUT2D eigenvalue weighted by atomic mass is 10.4. The van der Waals surface area contributed by atoms with Gasteiger partial charge in [-0.05, 0) is 6.42 Å². The van der Waals surface area contributed by atoms with Gasteiger partial charge >= 0.3 is 0 Å². The van der Waals surface area contributed by atoms with Crippen LogP contribution in [-0.4, -0.2) is 24.9 Å². The summed E-state index contributed by atoms with van der Waals surface area (Å²) in [5, 5.41) is 8.39. The topological polar surface area (TPSA) is 29.5 Å². The zero-order valence-corrected chi connectivity index (χ0v) is 5.26. The minimum atomic E-state index is -1.07. The molecule has 0 saturated heterocycles. The zero-order valence-electron chi connectivity index (χ0n) is 6.26. The van der Waals surface area contributed by atoms with E-state index in [2.05, 4.69) is 6.92 Å². The van der Waals surface area contributed by atoms with Crippen LogP contribution in [0, 0.1) is 0 Å². The summed E-state index contributed by atoms with van der Waals surface area (Å²) in [5.41, 5.74) is 0. The van der Waals surface area contributed by atoms with Crippen molar-refractivity contribution in [2.24, 2.45) is 0 Å². The van der Waals surface area contributed by atoms with Crippen LogP contribution in [-0.2, 0) is 4.74 Å². The van der Waals surface area contributed by atoms with Crippen LogP contribution in [0.4, 0.5) is 0 Å². The lowest BCUT2D eigenvalue weighted by molar-refractivity contribution is 0.0904. The minimum Gasteiger partial charge on any atom is -0.394 e. The molecule has 0 amide bonds. The van der Waals surface area contributed by atoms with Crippen LogP contribution in [0.3, 0.4) is 0 Å². The van der Waals surface area contributed by atoms with Crippen molar-refractivity contribution in [3.05, 3.63) is 0 Å². The Balaban J connectivity index is 2.75. The molecule has 0 rings (SSSR count). The van der Waals surface area contributed by atoms with Gasteiger partial charge in [0.2, 0.25) is 0 Å². The van der Waals surface area contributed by atoms with Gasteiger partial charge in [-0.3, -0.25) is 0 Å². The summed E-state index contributed by atoms with van der Waals surface area (Å²) < 4.78 is 11.5. The number of unbranched alkanes of at least 4 members (excludes halogenated alkanes) is 1. The summed E-state index contributed by atoms with van der Waals surface area (Å²) in [6.07, 6.45) is 2.10. The molecule has 2 heteroatoms. The second-order valence-electron chi connectivity index (χ2n) is 1.61. The van der Waals surface area contributed by atoms with Crippen molar-refractivity contribution in [3.8, 4) is 0 Å². The normalized spacial score (nSPS) is 15.5. The first kappa shape index (κ1) is 6.05. The highest BCUT2D eigenvalue weighted by atomic mass is 16.5. The Morgan fingerprint density at radius 1 is 1.62 bits per heavy atom. The molecule has 0 aromatic carbocycles. The quantitative estimate of drug-likeness (QED) is 0.542. The monoisotopic (exact) mass is 119 g/mol. The Morgan fingerprint density at radius 3 is 2.88 bits per heavy atom. The predicted octanol–water partition coefficient (Wildman–Crippen LogP) is 0.795. The summed E-state index contributed by atoms with van der Waals surface area (Å²) in [6, 6.07) is 0. The molecule has 0 fully saturated rings. The van der Waals surface area contributed by atoms with E-state index < -0.39 is 6.58 Å². The maximum atomic E-state index is 8.39. The third kappa shape index (κ3) is 5.92. The van der Waals surface area contributed by atoms with Crippen LogP contribution in [0.2, 0.25) is 0 Å². The van der Waals surface area contributed by atoms with Gasteiger partial charge in [0.15, 0.2) is 0 Å². The molecule has 50 valence electrons. The summed E-state index contributed by atoms with van der Waals surface area (Å²) >= 11 is 0. The molecule has 1 unspecified atom stereocenters. The average molecular weight is 119 g/mol. The molecule has 0 aliphatic heterocycles. The Hall–Kier alpha value is -0.0800. The first-order chi connectivity index (χ1) is 4.27. The molecular weight excluding hydrogens is 104 g/mol. The van der Waals surface area contributed by atoms with Crippen molar-refractivity contribution in [1.29, 1.82) is 0 Å². The Labute approximate surface area is 51.9 Å². The first-order valence-electron chi connectivity index (χ1n) is 3.53. The molecule has 8 heavy (non-hydrogen) atoms. The van der Waals surface area contributed by atoms with Gasteiger partial charge in [-0.15, -0.1) is 0 Å². The SMILES string of the molecule is [2H]C(O)COCCCC. The first-order valence-corrected chi connectivity index (χ1v) is 2.95. The summed E-state index contributed by atoms with van der Waals surface area (Å²) in [6.45, 7) is 1.80. The lowest BCUT2D eigenvalue weighted by Crippen LogP contribution is -1.99. The molecule has 1 atom stereocenters. The number of hydrogen-bond acceptors (Lipinski definition) is 2. The van der Waals surface area contributed by atoms with Crippen molar-refractivity contribution < 1.29 is 11.2 Å². The van der Waals surface area contributed by atoms with E-state index in [0.29, 0.717) is 6.61 Å². The second-order valence-corrected chi connectivity index (χ2v) is 1.61. The van der Waals surface area contributed by atoms with Crippen molar-refractivity contribution in [3.63, 3.8) is 0 Å². The molecule has 0 bridgehead atoms. The molecule has 0 saturated carbocycles. The number of aliphatic hydroxyl groups excluding tert-OH is 1. The fourth-order valence-corrected chi connectivity index (χ4v) is 0.382. The van der Waals surface area contributed by atoms with Gasteiger partial charge in [-0.25, -0.2) is 0 Å². The van der Waals surface area contributed by atoms with E-state index in [-0.39, 0.29) is 6.61 Å². The number of aliphatic hydroxyl groups is 1. The molecule has 0 spiro atoms. The third-order valence-electron chi connectivity index (χ3n) is 0.835. The molecule has 0 aromatic heterocycles. The van der Waals surface area contributed by atoms with E-state index in [9.17, 15) is 0 Å². The van der Waals surface area contributed by atoms with Crippen LogP contribution >= 0.6 is 0 Å². The molecule has 0 radical (unpaired) electrons. The molecule has 0 heterocycles. The molecule has 0 aliphatic rings. The van der Waals surface area contributed by atoms with Gasteiger partial charge < -0.3 is 9.84 Å². The van der Waals surface area contributed by atoms with E-state index in [0.717, 1.165) is 12.8 Å². The molecule has 2 nitrogen and oxygen atoms in total. The zero-order chi connectivity index (χ0) is 7.11. The minimum absolute atomic E-state index is 0.139. The molecule has 0 aliphatic carbocycles. The highest BCUT2D eigenvalue weighted by molar-refractivity contribution is 4.30. The number of hydrogen-bond donors (Lipinski definition) is 1. The van der Waals surface area contributed by atoms with Crippen LogP contribution in [0.1, 0.15) is 21.1 Å². The van der Waals surface area contributed by atoms with Gasteiger partial charge in [-0.2, -0.15) is 0 Å². The Kier molecular flexibility index (Phi) is 5.23. The molecule has 0 aromatic rings. The van der Waals surface area contributed by atoms with Gasteiger partial charge in [0.05, 0.1) is 14.6 Å². The van der Waals surface area contributed by atoms with E-state index >= 15 is 0 Å². The largest absolute Gasteiger partial charge is 0.394 e. The highest BCUT2D eigenvalue weighted by Crippen LogP contribution is 1.85. The third-order valence-corrected chi connectivity index (χ3v) is 0.835. The number of rotatable bonds is 5. The maximum Gasteiger partial charge on any atom is 0.0697 e. The maximum absolute atomic E-state index is 8.39. The van der Waals surface area contributed by atoms with Crippen LogP contribution in [0.25, 0.3) is 0 Å². The molecular formula is C6H14O2. The highest BCUT2D eigenvalue weighted by Gasteiger charge is 1.82. The van der Waals surface area contributed by atoms with Crippen molar-refractivity contribution in [1.82, 2.24) is 0 Å². The van der Waals surface area contributed by atoms with E-state index in [1.165, 1.54) is 0 Å². The van der Waals surface area contributed by atoms with Crippen molar-refractivity contribution in [2.45, 2.75) is 19.8 Å². The van der Waals surface area contributed by atoms with E-state index in [1.54, 1.807) is 0 Å². The molecule has 1 N–H and O–H groups in total. The second kappa shape index (κ2) is 6.92.